The lowest BCUT2D eigenvalue weighted by molar-refractivity contribution is 0.103. The van der Waals surface area contributed by atoms with E-state index in [-0.39, 0.29) is 0 Å². The molecule has 1 aliphatic carbocycles. The molecule has 118 valence electrons. The fraction of sp³-hybridized carbons (Fsp3) is 0.647. The molecule has 1 aliphatic rings. The summed E-state index contributed by atoms with van der Waals surface area (Å²) in [5.74, 6) is 2.29. The summed E-state index contributed by atoms with van der Waals surface area (Å²) in [5.41, 5.74) is 0. The Kier molecular flexibility index (Phi) is 6.81. The van der Waals surface area contributed by atoms with Crippen molar-refractivity contribution in [1.82, 2.24) is 5.32 Å². The number of halogens is 1. The van der Waals surface area contributed by atoms with Gasteiger partial charge in [0.05, 0.1) is 0 Å². The molecule has 3 nitrogen and oxygen atoms in total. The van der Waals surface area contributed by atoms with Crippen molar-refractivity contribution in [2.45, 2.75) is 38.7 Å². The molecule has 0 amide bonds. The van der Waals surface area contributed by atoms with Gasteiger partial charge in [-0.05, 0) is 49.1 Å². The second-order valence-electron chi connectivity index (χ2n) is 6.10. The van der Waals surface area contributed by atoms with Gasteiger partial charge in [0.15, 0.2) is 0 Å². The first kappa shape index (κ1) is 16.6. The van der Waals surface area contributed by atoms with Gasteiger partial charge in [0, 0.05) is 11.6 Å². The van der Waals surface area contributed by atoms with Crippen LogP contribution < -0.4 is 10.1 Å². The van der Waals surface area contributed by atoms with Gasteiger partial charge in [-0.3, -0.25) is 0 Å². The Morgan fingerprint density at radius 1 is 1.29 bits per heavy atom. The minimum absolute atomic E-state index is 0.300. The average Bonchev–Trinajstić information content (AvgIpc) is 2.49. The van der Waals surface area contributed by atoms with E-state index in [0.29, 0.717) is 18.2 Å². The standard InChI is InChI=1S/C17H26ClNO2/c1-13-4-2-3-5-14(13)10-19-11-16(20)12-21-17-8-6-15(18)7-9-17/h6-9,13-14,16,19-20H,2-5,10-12H2,1H3. The minimum Gasteiger partial charge on any atom is -0.491 e. The summed E-state index contributed by atoms with van der Waals surface area (Å²) in [6.07, 6.45) is 4.88. The van der Waals surface area contributed by atoms with E-state index in [1.807, 2.05) is 12.1 Å². The van der Waals surface area contributed by atoms with E-state index in [9.17, 15) is 5.11 Å². The van der Waals surface area contributed by atoms with Crippen molar-refractivity contribution in [3.05, 3.63) is 29.3 Å². The number of ether oxygens (including phenoxy) is 1. The average molecular weight is 312 g/mol. The van der Waals surface area contributed by atoms with Gasteiger partial charge in [-0.1, -0.05) is 37.8 Å². The monoisotopic (exact) mass is 311 g/mol. The molecule has 0 heterocycles. The second-order valence-corrected chi connectivity index (χ2v) is 6.54. The van der Waals surface area contributed by atoms with Crippen LogP contribution in [0.2, 0.25) is 5.02 Å². The molecule has 0 bridgehead atoms. The lowest BCUT2D eigenvalue weighted by atomic mass is 9.80. The number of rotatable bonds is 7. The lowest BCUT2D eigenvalue weighted by Crippen LogP contribution is -2.36. The Morgan fingerprint density at radius 3 is 2.71 bits per heavy atom. The highest BCUT2D eigenvalue weighted by molar-refractivity contribution is 6.30. The number of aliphatic hydroxyl groups is 1. The molecule has 1 fully saturated rings. The number of hydrogen-bond donors (Lipinski definition) is 2. The third-order valence-electron chi connectivity index (χ3n) is 4.33. The van der Waals surface area contributed by atoms with Crippen LogP contribution in [0, 0.1) is 11.8 Å². The molecule has 3 atom stereocenters. The predicted octanol–water partition coefficient (Wildman–Crippen LogP) is 3.50. The van der Waals surface area contributed by atoms with Crippen LogP contribution in [0.3, 0.4) is 0 Å². The van der Waals surface area contributed by atoms with Crippen molar-refractivity contribution < 1.29 is 9.84 Å². The molecule has 0 saturated heterocycles. The van der Waals surface area contributed by atoms with E-state index < -0.39 is 6.10 Å². The van der Waals surface area contributed by atoms with E-state index in [1.54, 1.807) is 12.1 Å². The molecule has 1 aromatic rings. The lowest BCUT2D eigenvalue weighted by Gasteiger charge is -2.29. The third-order valence-corrected chi connectivity index (χ3v) is 4.58. The highest BCUT2D eigenvalue weighted by Gasteiger charge is 2.20. The molecule has 4 heteroatoms. The van der Waals surface area contributed by atoms with Gasteiger partial charge in [-0.15, -0.1) is 0 Å². The molecule has 1 aromatic carbocycles. The summed E-state index contributed by atoms with van der Waals surface area (Å²) in [5, 5.41) is 14.0. The summed E-state index contributed by atoms with van der Waals surface area (Å²) in [4.78, 5) is 0. The largest absolute Gasteiger partial charge is 0.491 e. The van der Waals surface area contributed by atoms with Gasteiger partial charge in [0.1, 0.15) is 18.5 Å². The maximum absolute atomic E-state index is 9.95. The quantitative estimate of drug-likeness (QED) is 0.810. The summed E-state index contributed by atoms with van der Waals surface area (Å²) < 4.78 is 5.54. The first-order chi connectivity index (χ1) is 10.1. The topological polar surface area (TPSA) is 41.5 Å². The maximum atomic E-state index is 9.95. The van der Waals surface area contributed by atoms with Gasteiger partial charge in [-0.2, -0.15) is 0 Å². The van der Waals surface area contributed by atoms with E-state index in [2.05, 4.69) is 12.2 Å². The molecule has 0 aromatic heterocycles. The van der Waals surface area contributed by atoms with Gasteiger partial charge < -0.3 is 15.2 Å². The molecular formula is C17H26ClNO2. The Bertz CT molecular complexity index is 410. The van der Waals surface area contributed by atoms with Crippen molar-refractivity contribution >= 4 is 11.6 Å². The van der Waals surface area contributed by atoms with Crippen LogP contribution in [-0.2, 0) is 0 Å². The Hall–Kier alpha value is -0.770. The molecule has 2 N–H and O–H groups in total. The highest BCUT2D eigenvalue weighted by Crippen LogP contribution is 2.28. The van der Waals surface area contributed by atoms with Crippen LogP contribution in [0.25, 0.3) is 0 Å². The number of aliphatic hydroxyl groups excluding tert-OH is 1. The van der Waals surface area contributed by atoms with Crippen LogP contribution >= 0.6 is 11.6 Å². The molecule has 0 radical (unpaired) electrons. The van der Waals surface area contributed by atoms with Crippen LogP contribution in [-0.4, -0.2) is 30.9 Å². The van der Waals surface area contributed by atoms with E-state index in [0.717, 1.165) is 24.1 Å². The number of hydrogen-bond acceptors (Lipinski definition) is 3. The zero-order valence-corrected chi connectivity index (χ0v) is 13.5. The van der Waals surface area contributed by atoms with Crippen molar-refractivity contribution in [1.29, 1.82) is 0 Å². The Morgan fingerprint density at radius 2 is 2.00 bits per heavy atom. The first-order valence-electron chi connectivity index (χ1n) is 7.92. The van der Waals surface area contributed by atoms with Crippen LogP contribution in [0.4, 0.5) is 0 Å². The molecule has 2 rings (SSSR count). The molecule has 0 aliphatic heterocycles. The smallest absolute Gasteiger partial charge is 0.119 e. The Labute approximate surface area is 132 Å². The molecule has 0 spiro atoms. The van der Waals surface area contributed by atoms with Crippen LogP contribution in [0.5, 0.6) is 5.75 Å². The van der Waals surface area contributed by atoms with Crippen molar-refractivity contribution in [2.75, 3.05) is 19.7 Å². The normalized spacial score (nSPS) is 23.8. The molecule has 1 saturated carbocycles. The van der Waals surface area contributed by atoms with Crippen LogP contribution in [0.15, 0.2) is 24.3 Å². The zero-order chi connectivity index (χ0) is 15.1. The zero-order valence-electron chi connectivity index (χ0n) is 12.7. The fourth-order valence-electron chi connectivity index (χ4n) is 2.91. The number of nitrogens with one attached hydrogen (secondary N) is 1. The summed E-state index contributed by atoms with van der Waals surface area (Å²) >= 11 is 5.81. The van der Waals surface area contributed by atoms with Gasteiger partial charge >= 0.3 is 0 Å². The second kappa shape index (κ2) is 8.62. The van der Waals surface area contributed by atoms with E-state index >= 15 is 0 Å². The summed E-state index contributed by atoms with van der Waals surface area (Å²) in [6.45, 7) is 4.22. The van der Waals surface area contributed by atoms with E-state index in [4.69, 9.17) is 16.3 Å². The first-order valence-corrected chi connectivity index (χ1v) is 8.30. The maximum Gasteiger partial charge on any atom is 0.119 e. The highest BCUT2D eigenvalue weighted by atomic mass is 35.5. The molecule has 3 unspecified atom stereocenters. The van der Waals surface area contributed by atoms with Crippen molar-refractivity contribution in [3.8, 4) is 5.75 Å². The van der Waals surface area contributed by atoms with Crippen LogP contribution in [0.1, 0.15) is 32.6 Å². The van der Waals surface area contributed by atoms with Gasteiger partial charge in [0.25, 0.3) is 0 Å². The minimum atomic E-state index is -0.487. The van der Waals surface area contributed by atoms with Crippen molar-refractivity contribution in [2.24, 2.45) is 11.8 Å². The van der Waals surface area contributed by atoms with Gasteiger partial charge in [-0.25, -0.2) is 0 Å². The molecule has 21 heavy (non-hydrogen) atoms. The summed E-state index contributed by atoms with van der Waals surface area (Å²) in [7, 11) is 0. The molecular weight excluding hydrogens is 286 g/mol. The summed E-state index contributed by atoms with van der Waals surface area (Å²) in [6, 6.07) is 7.19. The van der Waals surface area contributed by atoms with E-state index in [1.165, 1.54) is 25.7 Å². The van der Waals surface area contributed by atoms with Gasteiger partial charge in [0.2, 0.25) is 0 Å². The third kappa shape index (κ3) is 5.85. The number of benzene rings is 1. The Balaban J connectivity index is 1.61. The SMILES string of the molecule is CC1CCCCC1CNCC(O)COc1ccc(Cl)cc1. The fourth-order valence-corrected chi connectivity index (χ4v) is 3.04. The predicted molar refractivity (Wildman–Crippen MR) is 86.9 cm³/mol. The van der Waals surface area contributed by atoms with Crippen molar-refractivity contribution in [3.63, 3.8) is 0 Å².